The molecule has 1 amide bonds. The first-order chi connectivity index (χ1) is 10.5. The number of rotatable bonds is 6. The summed E-state index contributed by atoms with van der Waals surface area (Å²) in [5.74, 6) is 0.0184. The molecule has 2 rings (SSSR count). The van der Waals surface area contributed by atoms with Gasteiger partial charge in [0.15, 0.2) is 0 Å². The molecular formula is C15H12ClF2NO2S. The zero-order valence-corrected chi connectivity index (χ0v) is 12.8. The molecule has 0 unspecified atom stereocenters. The van der Waals surface area contributed by atoms with Crippen molar-refractivity contribution in [3.05, 3.63) is 53.6 Å². The second kappa shape index (κ2) is 8.00. The lowest BCUT2D eigenvalue weighted by molar-refractivity contribution is -0.113. The quantitative estimate of drug-likeness (QED) is 0.774. The van der Waals surface area contributed by atoms with Crippen LogP contribution in [-0.4, -0.2) is 18.3 Å². The van der Waals surface area contributed by atoms with Gasteiger partial charge in [0.1, 0.15) is 5.75 Å². The molecule has 2 aromatic carbocycles. The number of amides is 1. The molecule has 0 radical (unpaired) electrons. The summed E-state index contributed by atoms with van der Waals surface area (Å²) < 4.78 is 28.3. The molecule has 0 aliphatic rings. The van der Waals surface area contributed by atoms with Crippen molar-refractivity contribution in [1.29, 1.82) is 0 Å². The number of nitrogens with one attached hydrogen (secondary N) is 1. The van der Waals surface area contributed by atoms with Crippen LogP contribution >= 0.6 is 23.4 Å². The third kappa shape index (κ3) is 5.20. The summed E-state index contributed by atoms with van der Waals surface area (Å²) in [6, 6.07) is 13.0. The summed E-state index contributed by atoms with van der Waals surface area (Å²) in [5, 5.41) is 3.26. The highest BCUT2D eigenvalue weighted by Crippen LogP contribution is 2.26. The average Bonchev–Trinajstić information content (AvgIpc) is 2.48. The number of halogens is 3. The maximum Gasteiger partial charge on any atom is 0.387 e. The van der Waals surface area contributed by atoms with Gasteiger partial charge in [0.2, 0.25) is 5.91 Å². The van der Waals surface area contributed by atoms with Gasteiger partial charge in [0.25, 0.3) is 0 Å². The Morgan fingerprint density at radius 3 is 2.50 bits per heavy atom. The van der Waals surface area contributed by atoms with E-state index in [0.29, 0.717) is 10.7 Å². The number of ether oxygens (including phenoxy) is 1. The highest BCUT2D eigenvalue weighted by Gasteiger charge is 2.07. The zero-order valence-electron chi connectivity index (χ0n) is 11.3. The second-order valence-corrected chi connectivity index (χ2v) is 5.59. The number of benzene rings is 2. The molecule has 1 N–H and O–H groups in total. The standard InChI is InChI=1S/C15H12ClF2NO2S/c16-12-3-1-2-4-13(12)22-9-14(20)19-10-5-7-11(8-6-10)21-15(17)18/h1-8,15H,9H2,(H,19,20). The lowest BCUT2D eigenvalue weighted by Crippen LogP contribution is -2.14. The maximum absolute atomic E-state index is 12.0. The van der Waals surface area contributed by atoms with Crippen LogP contribution in [-0.2, 0) is 4.79 Å². The smallest absolute Gasteiger partial charge is 0.387 e. The predicted octanol–water partition coefficient (Wildman–Crippen LogP) is 4.67. The van der Waals surface area contributed by atoms with Crippen LogP contribution in [0.15, 0.2) is 53.4 Å². The molecule has 7 heteroatoms. The molecule has 0 aromatic heterocycles. The minimum Gasteiger partial charge on any atom is -0.435 e. The number of hydrogen-bond donors (Lipinski definition) is 1. The summed E-state index contributed by atoms with van der Waals surface area (Å²) >= 11 is 7.32. The average molecular weight is 344 g/mol. The fourth-order valence-electron chi connectivity index (χ4n) is 1.62. The lowest BCUT2D eigenvalue weighted by Gasteiger charge is -2.08. The molecule has 0 spiro atoms. The second-order valence-electron chi connectivity index (χ2n) is 4.17. The van der Waals surface area contributed by atoms with Gasteiger partial charge in [-0.1, -0.05) is 23.7 Å². The van der Waals surface area contributed by atoms with Crippen LogP contribution in [0.25, 0.3) is 0 Å². The van der Waals surface area contributed by atoms with E-state index in [-0.39, 0.29) is 17.4 Å². The molecule has 2 aromatic rings. The maximum atomic E-state index is 12.0. The predicted molar refractivity (Wildman–Crippen MR) is 83.9 cm³/mol. The summed E-state index contributed by atoms with van der Waals surface area (Å²) in [5.41, 5.74) is 0.506. The van der Waals surface area contributed by atoms with E-state index in [1.54, 1.807) is 6.07 Å². The molecule has 0 atom stereocenters. The Morgan fingerprint density at radius 2 is 1.86 bits per heavy atom. The van der Waals surface area contributed by atoms with Crippen molar-refractivity contribution in [1.82, 2.24) is 0 Å². The van der Waals surface area contributed by atoms with Gasteiger partial charge in [-0.25, -0.2) is 0 Å². The van der Waals surface area contributed by atoms with Crippen molar-refractivity contribution >= 4 is 35.0 Å². The molecular weight excluding hydrogens is 332 g/mol. The minimum atomic E-state index is -2.87. The Bertz CT molecular complexity index is 638. The first-order valence-electron chi connectivity index (χ1n) is 6.26. The molecule has 22 heavy (non-hydrogen) atoms. The fourth-order valence-corrected chi connectivity index (χ4v) is 2.66. The summed E-state index contributed by atoms with van der Waals surface area (Å²) in [7, 11) is 0. The van der Waals surface area contributed by atoms with E-state index in [2.05, 4.69) is 10.1 Å². The van der Waals surface area contributed by atoms with E-state index >= 15 is 0 Å². The molecule has 0 heterocycles. The van der Waals surface area contributed by atoms with Gasteiger partial charge < -0.3 is 10.1 Å². The summed E-state index contributed by atoms with van der Waals surface area (Å²) in [6.07, 6.45) is 0. The van der Waals surface area contributed by atoms with Gasteiger partial charge in [0, 0.05) is 10.6 Å². The van der Waals surface area contributed by atoms with Gasteiger partial charge in [0.05, 0.1) is 10.8 Å². The third-order valence-corrected chi connectivity index (χ3v) is 4.07. The van der Waals surface area contributed by atoms with Crippen LogP contribution in [0.5, 0.6) is 5.75 Å². The van der Waals surface area contributed by atoms with Gasteiger partial charge in [-0.2, -0.15) is 8.78 Å². The number of thioether (sulfide) groups is 1. The van der Waals surface area contributed by atoms with E-state index in [0.717, 1.165) is 4.90 Å². The molecule has 0 saturated carbocycles. The summed E-state index contributed by atoms with van der Waals surface area (Å²) in [4.78, 5) is 12.7. The number of carbonyl (C=O) groups is 1. The van der Waals surface area contributed by atoms with E-state index in [9.17, 15) is 13.6 Å². The monoisotopic (exact) mass is 343 g/mol. The van der Waals surface area contributed by atoms with Crippen LogP contribution in [0.2, 0.25) is 5.02 Å². The van der Waals surface area contributed by atoms with Crippen molar-refractivity contribution in [3.8, 4) is 5.75 Å². The Balaban J connectivity index is 1.85. The highest BCUT2D eigenvalue weighted by molar-refractivity contribution is 8.00. The molecule has 116 valence electrons. The van der Waals surface area contributed by atoms with Crippen molar-refractivity contribution in [2.45, 2.75) is 11.5 Å². The van der Waals surface area contributed by atoms with E-state index in [4.69, 9.17) is 11.6 Å². The molecule has 0 aliphatic heterocycles. The van der Waals surface area contributed by atoms with Gasteiger partial charge in [-0.05, 0) is 36.4 Å². The van der Waals surface area contributed by atoms with Crippen LogP contribution in [0.1, 0.15) is 0 Å². The van der Waals surface area contributed by atoms with Gasteiger partial charge >= 0.3 is 6.61 Å². The van der Waals surface area contributed by atoms with Gasteiger partial charge in [-0.3, -0.25) is 4.79 Å². The van der Waals surface area contributed by atoms with Gasteiger partial charge in [-0.15, -0.1) is 11.8 Å². The number of carbonyl (C=O) groups excluding carboxylic acids is 1. The zero-order chi connectivity index (χ0) is 15.9. The SMILES string of the molecule is O=C(CSc1ccccc1Cl)Nc1ccc(OC(F)F)cc1. The molecule has 0 saturated heterocycles. The minimum absolute atomic E-state index is 0.0402. The largest absolute Gasteiger partial charge is 0.435 e. The third-order valence-electron chi connectivity index (χ3n) is 2.56. The van der Waals surface area contributed by atoms with E-state index in [1.807, 2.05) is 18.2 Å². The molecule has 0 fully saturated rings. The Morgan fingerprint density at radius 1 is 1.18 bits per heavy atom. The van der Waals surface area contributed by atoms with E-state index in [1.165, 1.54) is 36.0 Å². The highest BCUT2D eigenvalue weighted by atomic mass is 35.5. The Hall–Kier alpha value is -1.79. The van der Waals surface area contributed by atoms with E-state index < -0.39 is 6.61 Å². The van der Waals surface area contributed by atoms with Crippen LogP contribution in [0.4, 0.5) is 14.5 Å². The molecule has 3 nitrogen and oxygen atoms in total. The van der Waals surface area contributed by atoms with Crippen molar-refractivity contribution in [2.75, 3.05) is 11.1 Å². The Labute approximate surface area is 135 Å². The van der Waals surface area contributed by atoms with Crippen LogP contribution in [0.3, 0.4) is 0 Å². The number of alkyl halides is 2. The van der Waals surface area contributed by atoms with Crippen molar-refractivity contribution < 1.29 is 18.3 Å². The number of anilines is 1. The molecule has 0 aliphatic carbocycles. The topological polar surface area (TPSA) is 38.3 Å². The summed E-state index contributed by atoms with van der Waals surface area (Å²) in [6.45, 7) is -2.87. The van der Waals surface area contributed by atoms with Crippen LogP contribution < -0.4 is 10.1 Å². The van der Waals surface area contributed by atoms with Crippen molar-refractivity contribution in [3.63, 3.8) is 0 Å². The first-order valence-corrected chi connectivity index (χ1v) is 7.63. The van der Waals surface area contributed by atoms with Crippen LogP contribution in [0, 0.1) is 0 Å². The lowest BCUT2D eigenvalue weighted by atomic mass is 10.3. The normalized spacial score (nSPS) is 10.5. The Kier molecular flexibility index (Phi) is 6.03. The molecule has 0 bridgehead atoms. The first kappa shape index (κ1) is 16.6. The fraction of sp³-hybridized carbons (Fsp3) is 0.133. The number of hydrogen-bond acceptors (Lipinski definition) is 3. The van der Waals surface area contributed by atoms with Crippen molar-refractivity contribution in [2.24, 2.45) is 0 Å².